The smallest absolute Gasteiger partial charge is 0.416 e. The maximum absolute atomic E-state index is 13.4. The number of aliphatic carboxylic acids is 3. The number of ether oxygens (including phenoxy) is 6. The fourth-order valence-electron chi connectivity index (χ4n) is 18.4. The largest absolute Gasteiger partial charge is 0.496 e. The number of carbonyl (C=O) groups is 6. The first-order valence-electron chi connectivity index (χ1n) is 42.2. The summed E-state index contributed by atoms with van der Waals surface area (Å²) in [5.74, 6) is 1.92. The summed E-state index contributed by atoms with van der Waals surface area (Å²) < 4.78 is 75.0. The molecule has 17 rings (SSSR count). The number of cyclic esters (lactones) is 3. The van der Waals surface area contributed by atoms with Crippen molar-refractivity contribution in [1.82, 2.24) is 29.7 Å². The van der Waals surface area contributed by atoms with Crippen LogP contribution in [0.1, 0.15) is 192 Å². The Labute approximate surface area is 713 Å². The summed E-state index contributed by atoms with van der Waals surface area (Å²) >= 11 is 0. The number of rotatable bonds is 25. The van der Waals surface area contributed by atoms with Crippen LogP contribution >= 0.6 is 0 Å². The van der Waals surface area contributed by atoms with Gasteiger partial charge in [0.1, 0.15) is 53.0 Å². The normalized spacial score (nSPS) is 20.5. The minimum absolute atomic E-state index is 0.0314. The van der Waals surface area contributed by atoms with E-state index in [4.69, 9.17) is 43.4 Å². The monoisotopic (exact) mass is 1680 g/mol. The number of halogens is 3. The zero-order valence-electron chi connectivity index (χ0n) is 70.9. The molecule has 8 atom stereocenters. The molecule has 3 N–H and O–H groups in total. The van der Waals surface area contributed by atoms with Crippen molar-refractivity contribution in [2.75, 3.05) is 75.3 Å². The molecule has 3 amide bonds. The minimum Gasteiger partial charge on any atom is -0.496 e. The first-order valence-corrected chi connectivity index (χ1v) is 42.2. The standard InChI is InChI=1S/C33H37N3O5.C32H32F3N3O5.C31H35N3O5/c1-19-12-20(2)14-24(13-19)32-21(3)36(33(39)41-32)18-28-25(8-9-30(34-28)35-10-5-11-35)27-17-26-22(15-29(27)40-4)6-7-23(26)16-31(37)38;1-18-30(21-5-3-6-22(13-21)32(33,34)35)43-31(41)38(18)17-26-23(9-10-28(36-26)37-11-4-12-37)25-16-24-19(14-27(25)42-2)7-8-20(24)15-29(39)40;1-19-14-20(2)16-23(15-19)30-21(3)34(31(37)39-30)18-26-24(8-10-28(32-26)33-12-5-13-33)25-17-22(7-11-29(35)36)6-9-27(25)38-4/h8-9,12-15,17,21,23,32H,5-7,10-11,16,18H2,1-4H3,(H,37,38);3,5-6,9-10,13-14,16,18,20,30H,4,7-8,11-12,15,17H2,1-2H3,(H,39,40);6,8-10,14-17,21,30H,5,7,11-13,18H2,1-4H3,(H,35,36)/t21-,23-,32-;18-,20-,30-;21-,30-/m000/s1. The number of carboxylic acid groups (broad SMARTS) is 3. The van der Waals surface area contributed by atoms with Gasteiger partial charge in [0.15, 0.2) is 0 Å². The van der Waals surface area contributed by atoms with Crippen LogP contribution in [-0.2, 0) is 73.7 Å². The van der Waals surface area contributed by atoms with Crippen molar-refractivity contribution in [2.24, 2.45) is 0 Å². The number of benzene rings is 6. The number of pyridine rings is 3. The molecule has 6 fully saturated rings. The molecule has 0 radical (unpaired) electrons. The second-order valence-corrected chi connectivity index (χ2v) is 33.6. The van der Waals surface area contributed by atoms with E-state index in [9.17, 15) is 57.3 Å². The summed E-state index contributed by atoms with van der Waals surface area (Å²) in [4.78, 5) is 101. The molecule has 24 nitrogen and oxygen atoms in total. The molecule has 0 unspecified atom stereocenters. The summed E-state index contributed by atoms with van der Waals surface area (Å²) in [6.07, 6.45) is -0.447. The highest BCUT2D eigenvalue weighted by atomic mass is 19.4. The molecular weight excluding hydrogens is 1580 g/mol. The molecule has 2 aliphatic carbocycles. The second-order valence-electron chi connectivity index (χ2n) is 33.6. The van der Waals surface area contributed by atoms with E-state index in [2.05, 4.69) is 77.1 Å². The number of amides is 3. The maximum atomic E-state index is 13.4. The summed E-state index contributed by atoms with van der Waals surface area (Å²) in [7, 11) is 4.85. The first kappa shape index (κ1) is 85.6. The van der Waals surface area contributed by atoms with E-state index in [0.717, 1.165) is 226 Å². The van der Waals surface area contributed by atoms with Gasteiger partial charge in [0, 0.05) is 79.1 Å². The maximum Gasteiger partial charge on any atom is 0.416 e. The quantitative estimate of drug-likeness (QED) is 0.0448. The van der Waals surface area contributed by atoms with Gasteiger partial charge in [-0.15, -0.1) is 0 Å². The predicted octanol–water partition coefficient (Wildman–Crippen LogP) is 18.4. The van der Waals surface area contributed by atoms with Crippen molar-refractivity contribution < 1.29 is 85.7 Å². The van der Waals surface area contributed by atoms with Gasteiger partial charge in [-0.3, -0.25) is 29.1 Å². The topological polar surface area (TPSA) is 277 Å². The third-order valence-electron chi connectivity index (χ3n) is 25.2. The Bertz CT molecular complexity index is 5520. The van der Waals surface area contributed by atoms with Gasteiger partial charge in [-0.1, -0.05) is 76.9 Å². The first-order chi connectivity index (χ1) is 59.0. The van der Waals surface area contributed by atoms with Crippen molar-refractivity contribution in [2.45, 2.75) is 193 Å². The van der Waals surface area contributed by atoms with Crippen LogP contribution in [0.5, 0.6) is 17.2 Å². The predicted molar refractivity (Wildman–Crippen MR) is 458 cm³/mol. The molecule has 8 aliphatic rings. The third-order valence-corrected chi connectivity index (χ3v) is 25.2. The number of aromatic nitrogens is 3. The molecule has 27 heteroatoms. The van der Waals surface area contributed by atoms with Crippen molar-refractivity contribution in [3.8, 4) is 50.6 Å². The van der Waals surface area contributed by atoms with Crippen LogP contribution in [0.3, 0.4) is 0 Å². The van der Waals surface area contributed by atoms with Crippen molar-refractivity contribution in [1.29, 1.82) is 0 Å². The number of aryl methyl sites for hydroxylation is 7. The van der Waals surface area contributed by atoms with Crippen LogP contribution in [-0.4, -0.2) is 160 Å². The minimum atomic E-state index is -4.52. The Balaban J connectivity index is 0.000000143. The molecule has 123 heavy (non-hydrogen) atoms. The summed E-state index contributed by atoms with van der Waals surface area (Å²) in [6, 6.07) is 42.3. The van der Waals surface area contributed by atoms with Gasteiger partial charge in [0.05, 0.1) is 94.6 Å². The van der Waals surface area contributed by atoms with Gasteiger partial charge in [-0.2, -0.15) is 13.2 Å². The van der Waals surface area contributed by atoms with Gasteiger partial charge in [-0.25, -0.2) is 29.3 Å². The molecule has 0 spiro atoms. The van der Waals surface area contributed by atoms with E-state index in [1.165, 1.54) is 17.0 Å². The van der Waals surface area contributed by atoms with E-state index < -0.39 is 47.9 Å². The Kier molecular flexibility index (Phi) is 25.0. The van der Waals surface area contributed by atoms with Crippen LogP contribution in [0.4, 0.5) is 45.0 Å². The fourth-order valence-corrected chi connectivity index (χ4v) is 18.4. The SMILES string of the molecule is COc1cc2c(cc1-c1ccc(N3CCC3)nc1CN1C(=O)O[C@H](c3cc(C)cc(C)c3)[C@@H]1C)[C@H](CC(=O)O)CC2.COc1cc2c(cc1-c1ccc(N3CCC3)nc1CN1C(=O)O[C@H](c3cccc(C(F)(F)F)c3)[C@@H]1C)[C@H](CC(=O)O)CC2.COc1ccc(CCC(=O)O)cc1-c1ccc(N2CCC2)nc1CN1C(=O)O[C@H](c2cc(C)cc(C)c2)[C@@H]1C. The second kappa shape index (κ2) is 35.9. The average molecular weight is 1680 g/mol. The van der Waals surface area contributed by atoms with Gasteiger partial charge in [0.25, 0.3) is 0 Å². The Morgan fingerprint density at radius 2 is 0.813 bits per heavy atom. The fraction of sp³-hybridized carbons (Fsp3) is 0.406. The number of fused-ring (bicyclic) bond motifs is 2. The molecule has 6 aliphatic heterocycles. The number of hydrogen-bond acceptors (Lipinski definition) is 18. The number of nitrogens with zero attached hydrogens (tertiary/aromatic N) is 9. The Morgan fingerprint density at radius 3 is 1.15 bits per heavy atom. The third kappa shape index (κ3) is 18.4. The number of anilines is 3. The van der Waals surface area contributed by atoms with E-state index in [1.54, 1.807) is 38.1 Å². The van der Waals surface area contributed by atoms with E-state index in [1.807, 2.05) is 94.4 Å². The lowest BCUT2D eigenvalue weighted by atomic mass is 9.92. The molecule has 6 saturated heterocycles. The highest BCUT2D eigenvalue weighted by Crippen LogP contribution is 2.49. The molecule has 9 aromatic rings. The van der Waals surface area contributed by atoms with Gasteiger partial charge in [-0.05, 0) is 241 Å². The molecule has 0 bridgehead atoms. The van der Waals surface area contributed by atoms with Gasteiger partial charge >= 0.3 is 42.4 Å². The lowest BCUT2D eigenvalue weighted by molar-refractivity contribution is -0.138. The molecule has 644 valence electrons. The lowest BCUT2D eigenvalue weighted by Gasteiger charge is -2.33. The number of carbonyl (C=O) groups excluding carboxylic acids is 3. The Morgan fingerprint density at radius 1 is 0.439 bits per heavy atom. The van der Waals surface area contributed by atoms with Crippen molar-refractivity contribution >= 4 is 53.6 Å². The van der Waals surface area contributed by atoms with Crippen LogP contribution < -0.4 is 28.9 Å². The molecule has 6 aromatic carbocycles. The van der Waals surface area contributed by atoms with E-state index in [0.29, 0.717) is 23.6 Å². The summed E-state index contributed by atoms with van der Waals surface area (Å²) in [5.41, 5.74) is 18.1. The number of alkyl halides is 3. The number of methoxy groups -OCH3 is 3. The van der Waals surface area contributed by atoms with E-state index in [-0.39, 0.29) is 92.8 Å². The van der Waals surface area contributed by atoms with E-state index >= 15 is 0 Å². The average Bonchev–Trinajstić information content (AvgIpc) is 1.73. The number of hydrogen-bond donors (Lipinski definition) is 3. The summed E-state index contributed by atoms with van der Waals surface area (Å²) in [6.45, 7) is 20.2. The zero-order valence-corrected chi connectivity index (χ0v) is 70.9. The highest BCUT2D eigenvalue weighted by molar-refractivity contribution is 5.81. The van der Waals surface area contributed by atoms with Crippen LogP contribution in [0, 0.1) is 27.7 Å². The van der Waals surface area contributed by atoms with Gasteiger partial charge < -0.3 is 58.4 Å². The molecule has 9 heterocycles. The van der Waals surface area contributed by atoms with Gasteiger partial charge in [0.2, 0.25) is 0 Å². The molecule has 3 aromatic heterocycles. The van der Waals surface area contributed by atoms with Crippen LogP contribution in [0.25, 0.3) is 33.4 Å². The highest BCUT2D eigenvalue weighted by Gasteiger charge is 2.45. The lowest BCUT2D eigenvalue weighted by Crippen LogP contribution is -2.38. The van der Waals surface area contributed by atoms with Crippen molar-refractivity contribution in [3.05, 3.63) is 229 Å². The summed E-state index contributed by atoms with van der Waals surface area (Å²) in [5, 5.41) is 28.1. The molecular formula is C96H104F3N9O15. The Hall–Kier alpha value is -12.4. The van der Waals surface area contributed by atoms with Crippen molar-refractivity contribution in [3.63, 3.8) is 0 Å². The number of carboxylic acids is 3. The van der Waals surface area contributed by atoms with Crippen LogP contribution in [0.15, 0.2) is 140 Å². The molecule has 0 saturated carbocycles. The zero-order chi connectivity index (χ0) is 87.0. The van der Waals surface area contributed by atoms with Crippen LogP contribution in [0.2, 0.25) is 0 Å².